The molecule has 1 fully saturated rings. The molecule has 1 amide bonds. The Morgan fingerprint density at radius 3 is 2.95 bits per heavy atom. The van der Waals surface area contributed by atoms with Crippen LogP contribution >= 0.6 is 0 Å². The van der Waals surface area contributed by atoms with Crippen LogP contribution in [0.4, 0.5) is 5.69 Å². The highest BCUT2D eigenvalue weighted by Gasteiger charge is 2.37. The maximum atomic E-state index is 11.7. The van der Waals surface area contributed by atoms with Crippen molar-refractivity contribution in [1.82, 2.24) is 5.43 Å². The first kappa shape index (κ1) is 12.0. The maximum absolute atomic E-state index is 11.7. The predicted molar refractivity (Wildman–Crippen MR) is 75.9 cm³/mol. The van der Waals surface area contributed by atoms with Crippen molar-refractivity contribution in [2.45, 2.75) is 12.8 Å². The highest BCUT2D eigenvalue weighted by Crippen LogP contribution is 2.39. The Morgan fingerprint density at radius 2 is 2.16 bits per heavy atom. The van der Waals surface area contributed by atoms with E-state index in [-0.39, 0.29) is 12.5 Å². The molecule has 1 saturated carbocycles. The average Bonchev–Trinajstić information content (AvgIpc) is 2.79. The predicted octanol–water partition coefficient (Wildman–Crippen LogP) is 2.17. The van der Waals surface area contributed by atoms with Crippen LogP contribution in [0.2, 0.25) is 0 Å². The summed E-state index contributed by atoms with van der Waals surface area (Å²) in [5.41, 5.74) is 4.69. The van der Waals surface area contributed by atoms with Gasteiger partial charge in [0.25, 0.3) is 5.91 Å². The molecule has 98 valence electrons. The molecule has 2 aliphatic rings. The molecule has 0 spiro atoms. The fraction of sp³-hybridized carbons (Fsp3) is 0.333. The summed E-state index contributed by atoms with van der Waals surface area (Å²) in [6, 6.07) is 9.67. The number of allylic oxidation sites excluding steroid dienone is 2. The van der Waals surface area contributed by atoms with E-state index < -0.39 is 0 Å². The number of nitrogens with zero attached hydrogens (tertiary/aromatic N) is 1. The quantitative estimate of drug-likeness (QED) is 0.640. The monoisotopic (exact) mass is 255 g/mol. The minimum atomic E-state index is -0.106. The van der Waals surface area contributed by atoms with Gasteiger partial charge in [0.15, 0.2) is 0 Å². The van der Waals surface area contributed by atoms with Crippen LogP contribution in [0.15, 0.2) is 47.6 Å². The molecular weight excluding hydrogens is 238 g/mol. The number of anilines is 1. The van der Waals surface area contributed by atoms with Crippen molar-refractivity contribution in [1.29, 1.82) is 0 Å². The highest BCUT2D eigenvalue weighted by molar-refractivity contribution is 5.95. The molecule has 0 aromatic heterocycles. The van der Waals surface area contributed by atoms with Crippen molar-refractivity contribution < 1.29 is 4.79 Å². The summed E-state index contributed by atoms with van der Waals surface area (Å²) in [5.74, 6) is 1.10. The molecule has 1 aromatic carbocycles. The van der Waals surface area contributed by atoms with Gasteiger partial charge < -0.3 is 5.32 Å². The van der Waals surface area contributed by atoms with Crippen molar-refractivity contribution in [2.75, 3.05) is 11.9 Å². The zero-order valence-corrected chi connectivity index (χ0v) is 10.7. The van der Waals surface area contributed by atoms with Crippen LogP contribution in [-0.4, -0.2) is 18.2 Å². The molecule has 3 rings (SSSR count). The summed E-state index contributed by atoms with van der Waals surface area (Å²) in [6.45, 7) is 0.243. The Kier molecular flexibility index (Phi) is 3.31. The summed E-state index contributed by atoms with van der Waals surface area (Å²) >= 11 is 0. The van der Waals surface area contributed by atoms with Gasteiger partial charge in [-0.25, -0.2) is 5.43 Å². The first-order chi connectivity index (χ1) is 9.33. The van der Waals surface area contributed by atoms with E-state index in [4.69, 9.17) is 0 Å². The number of para-hydroxylation sites is 1. The molecule has 19 heavy (non-hydrogen) atoms. The Labute approximate surface area is 112 Å². The number of benzene rings is 1. The van der Waals surface area contributed by atoms with Gasteiger partial charge >= 0.3 is 0 Å². The fourth-order valence-electron chi connectivity index (χ4n) is 2.58. The van der Waals surface area contributed by atoms with Gasteiger partial charge in [0, 0.05) is 17.3 Å². The molecule has 0 heterocycles. The first-order valence-corrected chi connectivity index (χ1v) is 6.64. The van der Waals surface area contributed by atoms with Gasteiger partial charge in [-0.05, 0) is 30.9 Å². The minimum Gasteiger partial charge on any atom is -0.376 e. The molecule has 1 aromatic rings. The lowest BCUT2D eigenvalue weighted by atomic mass is 9.74. The van der Waals surface area contributed by atoms with Crippen LogP contribution in [0.1, 0.15) is 12.8 Å². The number of nitrogens with one attached hydrogen (secondary N) is 2. The SMILES string of the molecule is O=C(CNc1ccccc1)N/N=C1/C[C@H]2C=CC[C@H]12. The summed E-state index contributed by atoms with van der Waals surface area (Å²) in [4.78, 5) is 11.7. The van der Waals surface area contributed by atoms with Crippen LogP contribution in [0.5, 0.6) is 0 Å². The third-order valence-electron chi connectivity index (χ3n) is 3.71. The minimum absolute atomic E-state index is 0.106. The second-order valence-electron chi connectivity index (χ2n) is 5.00. The normalized spacial score (nSPS) is 25.8. The summed E-state index contributed by atoms with van der Waals surface area (Å²) in [5, 5.41) is 7.28. The molecule has 0 bridgehead atoms. The highest BCUT2D eigenvalue weighted by atomic mass is 16.2. The number of fused-ring (bicyclic) bond motifs is 1. The zero-order chi connectivity index (χ0) is 13.1. The van der Waals surface area contributed by atoms with Crippen molar-refractivity contribution in [3.63, 3.8) is 0 Å². The number of hydrazone groups is 1. The standard InChI is InChI=1S/C15H17N3O/c19-15(10-16-12-6-2-1-3-7-12)18-17-14-9-11-5-4-8-13(11)14/h1-7,11,13,16H,8-10H2,(H,18,19)/b17-14-/t11-,13+/m1/s1. The zero-order valence-electron chi connectivity index (χ0n) is 10.7. The number of amides is 1. The molecule has 0 aliphatic heterocycles. The Hall–Kier alpha value is -2.10. The van der Waals surface area contributed by atoms with Gasteiger partial charge in [0.1, 0.15) is 0 Å². The van der Waals surface area contributed by atoms with Crippen LogP contribution in [0.25, 0.3) is 0 Å². The second-order valence-corrected chi connectivity index (χ2v) is 5.00. The smallest absolute Gasteiger partial charge is 0.259 e. The third-order valence-corrected chi connectivity index (χ3v) is 3.71. The van der Waals surface area contributed by atoms with Gasteiger partial charge in [-0.3, -0.25) is 4.79 Å². The number of carbonyl (C=O) groups is 1. The van der Waals surface area contributed by atoms with Crippen LogP contribution in [-0.2, 0) is 4.79 Å². The molecule has 0 saturated heterocycles. The average molecular weight is 255 g/mol. The number of hydrogen-bond acceptors (Lipinski definition) is 3. The van der Waals surface area contributed by atoms with Gasteiger partial charge in [0.2, 0.25) is 0 Å². The summed E-state index contributed by atoms with van der Waals surface area (Å²) < 4.78 is 0. The van der Waals surface area contributed by atoms with Gasteiger partial charge in [-0.2, -0.15) is 5.10 Å². The van der Waals surface area contributed by atoms with E-state index in [0.29, 0.717) is 11.8 Å². The van der Waals surface area contributed by atoms with Crippen molar-refractivity contribution in [3.05, 3.63) is 42.5 Å². The van der Waals surface area contributed by atoms with Crippen LogP contribution in [0.3, 0.4) is 0 Å². The Morgan fingerprint density at radius 1 is 1.32 bits per heavy atom. The lowest BCUT2D eigenvalue weighted by Gasteiger charge is -2.31. The molecular formula is C15H17N3O. The summed E-state index contributed by atoms with van der Waals surface area (Å²) in [6.07, 6.45) is 6.52. The Bertz CT molecular complexity index is 521. The lowest BCUT2D eigenvalue weighted by molar-refractivity contribution is -0.119. The van der Waals surface area contributed by atoms with Crippen molar-refractivity contribution in [3.8, 4) is 0 Å². The first-order valence-electron chi connectivity index (χ1n) is 6.64. The van der Waals surface area contributed by atoms with E-state index in [1.54, 1.807) is 0 Å². The number of rotatable bonds is 4. The third kappa shape index (κ3) is 2.67. The topological polar surface area (TPSA) is 53.5 Å². The number of hydrogen-bond donors (Lipinski definition) is 2. The molecule has 4 nitrogen and oxygen atoms in total. The molecule has 0 unspecified atom stereocenters. The van der Waals surface area contributed by atoms with E-state index in [9.17, 15) is 4.79 Å². The maximum Gasteiger partial charge on any atom is 0.259 e. The van der Waals surface area contributed by atoms with Crippen LogP contribution in [0, 0.1) is 11.8 Å². The molecule has 4 heteroatoms. The van der Waals surface area contributed by atoms with Crippen LogP contribution < -0.4 is 10.7 Å². The van der Waals surface area contributed by atoms with Crippen molar-refractivity contribution >= 4 is 17.3 Å². The van der Waals surface area contributed by atoms with E-state index >= 15 is 0 Å². The second kappa shape index (κ2) is 5.26. The number of carbonyl (C=O) groups excluding carboxylic acids is 1. The summed E-state index contributed by atoms with van der Waals surface area (Å²) in [7, 11) is 0. The Balaban J connectivity index is 1.44. The van der Waals surface area contributed by atoms with Crippen molar-refractivity contribution in [2.24, 2.45) is 16.9 Å². The van der Waals surface area contributed by atoms with Gasteiger partial charge in [-0.15, -0.1) is 0 Å². The van der Waals surface area contributed by atoms with Gasteiger partial charge in [0.05, 0.1) is 6.54 Å². The van der Waals surface area contributed by atoms with E-state index in [2.05, 4.69) is 28.0 Å². The fourth-order valence-corrected chi connectivity index (χ4v) is 2.58. The molecule has 2 aliphatic carbocycles. The van der Waals surface area contributed by atoms with E-state index in [0.717, 1.165) is 24.2 Å². The molecule has 2 atom stereocenters. The largest absolute Gasteiger partial charge is 0.376 e. The van der Waals surface area contributed by atoms with E-state index in [1.807, 2.05) is 30.3 Å². The van der Waals surface area contributed by atoms with Gasteiger partial charge in [-0.1, -0.05) is 30.4 Å². The van der Waals surface area contributed by atoms with E-state index in [1.165, 1.54) is 0 Å². The molecule has 2 N–H and O–H groups in total. The molecule has 0 radical (unpaired) electrons. The lowest BCUT2D eigenvalue weighted by Crippen LogP contribution is -2.36.